The fourth-order valence-electron chi connectivity index (χ4n) is 2.99. The number of rotatable bonds is 5. The highest BCUT2D eigenvalue weighted by Gasteiger charge is 2.23. The van der Waals surface area contributed by atoms with Crippen molar-refractivity contribution in [2.45, 2.75) is 13.0 Å². The van der Waals surface area contributed by atoms with E-state index in [1.54, 1.807) is 23.1 Å². The van der Waals surface area contributed by atoms with Crippen molar-refractivity contribution in [3.8, 4) is 0 Å². The van der Waals surface area contributed by atoms with Gasteiger partial charge in [-0.2, -0.15) is 0 Å². The van der Waals surface area contributed by atoms with Gasteiger partial charge in [0.15, 0.2) is 5.13 Å². The number of benzene rings is 1. The SMILES string of the molecule is O=C(Nc1nc2c(s1)CN(C(=O)/C=C/c1ccc([N+](=O)[O-])cc1)CC2)c1cnccn1. The first-order valence-corrected chi connectivity index (χ1v) is 10.1. The predicted molar refractivity (Wildman–Crippen MR) is 113 cm³/mol. The van der Waals surface area contributed by atoms with Gasteiger partial charge in [0.1, 0.15) is 5.69 Å². The minimum Gasteiger partial charge on any atom is -0.334 e. The molecule has 0 saturated carbocycles. The number of thiazole rings is 1. The zero-order chi connectivity index (χ0) is 21.8. The van der Waals surface area contributed by atoms with Crippen molar-refractivity contribution < 1.29 is 14.5 Å². The maximum absolute atomic E-state index is 12.6. The first-order valence-electron chi connectivity index (χ1n) is 9.27. The molecule has 1 aliphatic heterocycles. The van der Waals surface area contributed by atoms with Crippen LogP contribution in [-0.2, 0) is 17.8 Å². The molecule has 11 heteroatoms. The van der Waals surface area contributed by atoms with Crippen molar-refractivity contribution in [2.24, 2.45) is 0 Å². The normalized spacial score (nSPS) is 13.1. The number of hydrogen-bond acceptors (Lipinski definition) is 8. The van der Waals surface area contributed by atoms with Gasteiger partial charge in [0.25, 0.3) is 11.6 Å². The Morgan fingerprint density at radius 3 is 2.74 bits per heavy atom. The van der Waals surface area contributed by atoms with Crippen LogP contribution in [0.5, 0.6) is 0 Å². The average Bonchev–Trinajstić information content (AvgIpc) is 3.19. The van der Waals surface area contributed by atoms with Crippen LogP contribution in [-0.4, -0.2) is 43.1 Å². The number of hydrogen-bond donors (Lipinski definition) is 1. The third-order valence-corrected chi connectivity index (χ3v) is 5.58. The minimum absolute atomic E-state index is 0.000523. The highest BCUT2D eigenvalue weighted by atomic mass is 32.1. The summed E-state index contributed by atoms with van der Waals surface area (Å²) >= 11 is 1.33. The number of amides is 2. The van der Waals surface area contributed by atoms with E-state index in [1.807, 2.05) is 0 Å². The average molecular weight is 436 g/mol. The van der Waals surface area contributed by atoms with E-state index in [2.05, 4.69) is 20.3 Å². The van der Waals surface area contributed by atoms with Gasteiger partial charge < -0.3 is 4.90 Å². The fourth-order valence-corrected chi connectivity index (χ4v) is 4.01. The molecule has 1 N–H and O–H groups in total. The van der Waals surface area contributed by atoms with Crippen LogP contribution in [0.15, 0.2) is 48.9 Å². The molecule has 0 aliphatic carbocycles. The van der Waals surface area contributed by atoms with E-state index in [0.29, 0.717) is 30.2 Å². The monoisotopic (exact) mass is 436 g/mol. The van der Waals surface area contributed by atoms with Gasteiger partial charge in [-0.05, 0) is 23.8 Å². The van der Waals surface area contributed by atoms with Gasteiger partial charge >= 0.3 is 0 Å². The van der Waals surface area contributed by atoms with E-state index >= 15 is 0 Å². The first-order chi connectivity index (χ1) is 15.0. The molecule has 4 rings (SSSR count). The standard InChI is InChI=1S/C20H16N6O4S/c27-18(6-3-13-1-4-14(5-2-13)26(29)30)25-10-7-15-17(12-25)31-20(23-15)24-19(28)16-11-21-8-9-22-16/h1-6,8-9,11H,7,10,12H2,(H,23,24,28)/b6-3+. The summed E-state index contributed by atoms with van der Waals surface area (Å²) in [5, 5.41) is 13.9. The number of nitrogens with one attached hydrogen (secondary N) is 1. The van der Waals surface area contributed by atoms with Crippen LogP contribution >= 0.6 is 11.3 Å². The Hall–Kier alpha value is -3.99. The molecule has 10 nitrogen and oxygen atoms in total. The quantitative estimate of drug-likeness (QED) is 0.369. The van der Waals surface area contributed by atoms with Crippen molar-refractivity contribution in [1.29, 1.82) is 0 Å². The maximum atomic E-state index is 12.6. The predicted octanol–water partition coefficient (Wildman–Crippen LogP) is 2.69. The molecule has 1 aromatic carbocycles. The molecular weight excluding hydrogens is 420 g/mol. The summed E-state index contributed by atoms with van der Waals surface area (Å²) < 4.78 is 0. The second-order valence-electron chi connectivity index (χ2n) is 6.63. The van der Waals surface area contributed by atoms with Crippen molar-refractivity contribution in [3.63, 3.8) is 0 Å². The summed E-state index contributed by atoms with van der Waals surface area (Å²) in [7, 11) is 0. The Kier molecular flexibility index (Phi) is 5.76. The van der Waals surface area contributed by atoms with E-state index in [9.17, 15) is 19.7 Å². The molecule has 0 saturated heterocycles. The zero-order valence-corrected chi connectivity index (χ0v) is 16.9. The van der Waals surface area contributed by atoms with Gasteiger partial charge in [0, 0.05) is 48.4 Å². The Morgan fingerprint density at radius 1 is 1.23 bits per heavy atom. The molecule has 0 fully saturated rings. The third-order valence-electron chi connectivity index (χ3n) is 4.58. The summed E-state index contributed by atoms with van der Waals surface area (Å²) in [5.74, 6) is -0.555. The Labute approximate surface area is 180 Å². The van der Waals surface area contributed by atoms with Gasteiger partial charge in [0.05, 0.1) is 23.4 Å². The van der Waals surface area contributed by atoms with Crippen LogP contribution < -0.4 is 5.32 Å². The molecule has 1 aliphatic rings. The lowest BCUT2D eigenvalue weighted by Gasteiger charge is -2.24. The Balaban J connectivity index is 1.38. The van der Waals surface area contributed by atoms with E-state index in [0.717, 1.165) is 10.6 Å². The van der Waals surface area contributed by atoms with Crippen LogP contribution in [0.2, 0.25) is 0 Å². The number of aromatic nitrogens is 3. The van der Waals surface area contributed by atoms with Crippen LogP contribution in [0.25, 0.3) is 6.08 Å². The molecule has 0 atom stereocenters. The third kappa shape index (κ3) is 4.78. The summed E-state index contributed by atoms with van der Waals surface area (Å²) in [6.45, 7) is 0.912. The van der Waals surface area contributed by atoms with Crippen molar-refractivity contribution in [2.75, 3.05) is 11.9 Å². The first kappa shape index (κ1) is 20.3. The Bertz CT molecular complexity index is 1160. The van der Waals surface area contributed by atoms with Crippen molar-refractivity contribution >= 4 is 40.0 Å². The lowest BCUT2D eigenvalue weighted by molar-refractivity contribution is -0.384. The highest BCUT2D eigenvalue weighted by molar-refractivity contribution is 7.15. The van der Waals surface area contributed by atoms with E-state index in [4.69, 9.17) is 0 Å². The van der Waals surface area contributed by atoms with Crippen LogP contribution in [0.3, 0.4) is 0 Å². The summed E-state index contributed by atoms with van der Waals surface area (Å²) in [4.78, 5) is 49.9. The van der Waals surface area contributed by atoms with E-state index in [-0.39, 0.29) is 17.3 Å². The lowest BCUT2D eigenvalue weighted by atomic mass is 10.1. The van der Waals surface area contributed by atoms with Crippen LogP contribution in [0, 0.1) is 10.1 Å². The molecule has 31 heavy (non-hydrogen) atoms. The van der Waals surface area contributed by atoms with Gasteiger partial charge in [-0.25, -0.2) is 9.97 Å². The number of nitro groups is 1. The molecule has 0 spiro atoms. The zero-order valence-electron chi connectivity index (χ0n) is 16.1. The van der Waals surface area contributed by atoms with Crippen molar-refractivity contribution in [1.82, 2.24) is 19.9 Å². The number of non-ortho nitro benzene ring substituents is 1. The molecule has 0 radical (unpaired) electrons. The number of anilines is 1. The van der Waals surface area contributed by atoms with Gasteiger partial charge in [-0.3, -0.25) is 30.0 Å². The molecule has 2 amide bonds. The van der Waals surface area contributed by atoms with Gasteiger partial charge in [-0.15, -0.1) is 0 Å². The number of carbonyl (C=O) groups excluding carboxylic acids is 2. The molecular formula is C20H16N6O4S. The van der Waals surface area contributed by atoms with Crippen LogP contribution in [0.1, 0.15) is 26.6 Å². The smallest absolute Gasteiger partial charge is 0.277 e. The number of nitrogens with zero attached hydrogens (tertiary/aromatic N) is 5. The summed E-state index contributed by atoms with van der Waals surface area (Å²) in [5.41, 5.74) is 1.76. The second kappa shape index (κ2) is 8.79. The molecule has 156 valence electrons. The van der Waals surface area contributed by atoms with Gasteiger partial charge in [-0.1, -0.05) is 11.3 Å². The Morgan fingerprint density at radius 2 is 2.03 bits per heavy atom. The lowest BCUT2D eigenvalue weighted by Crippen LogP contribution is -2.34. The summed E-state index contributed by atoms with van der Waals surface area (Å²) in [6, 6.07) is 5.97. The number of nitro benzene ring substituents is 1. The maximum Gasteiger partial charge on any atom is 0.277 e. The molecule has 2 aromatic heterocycles. The largest absolute Gasteiger partial charge is 0.334 e. The molecule has 3 heterocycles. The number of fused-ring (bicyclic) bond motifs is 1. The van der Waals surface area contributed by atoms with Gasteiger partial charge in [0.2, 0.25) is 5.91 Å². The second-order valence-corrected chi connectivity index (χ2v) is 7.71. The molecule has 0 bridgehead atoms. The molecule has 0 unspecified atom stereocenters. The minimum atomic E-state index is -0.469. The number of carbonyl (C=O) groups is 2. The summed E-state index contributed by atoms with van der Waals surface area (Å²) in [6.07, 6.45) is 7.96. The topological polar surface area (TPSA) is 131 Å². The highest BCUT2D eigenvalue weighted by Crippen LogP contribution is 2.28. The van der Waals surface area contributed by atoms with Crippen molar-refractivity contribution in [3.05, 3.63) is 80.9 Å². The van der Waals surface area contributed by atoms with Crippen LogP contribution in [0.4, 0.5) is 10.8 Å². The van der Waals surface area contributed by atoms with E-state index in [1.165, 1.54) is 48.1 Å². The molecule has 3 aromatic rings. The van der Waals surface area contributed by atoms with E-state index < -0.39 is 10.8 Å². The fraction of sp³-hybridized carbons (Fsp3) is 0.150.